The Morgan fingerprint density at radius 1 is 1.13 bits per heavy atom. The van der Waals surface area contributed by atoms with E-state index >= 15 is 0 Å². The van der Waals surface area contributed by atoms with Gasteiger partial charge in [0.25, 0.3) is 11.1 Å². The molecule has 1 saturated heterocycles. The monoisotopic (exact) mass is 477 g/mol. The number of benzene rings is 1. The summed E-state index contributed by atoms with van der Waals surface area (Å²) in [5.41, 5.74) is 0.651. The van der Waals surface area contributed by atoms with Gasteiger partial charge < -0.3 is 13.6 Å². The van der Waals surface area contributed by atoms with Gasteiger partial charge in [0.1, 0.15) is 17.3 Å². The molecular weight excluding hydrogens is 465 g/mol. The molecule has 0 unspecified atom stereocenters. The second-order valence-electron chi connectivity index (χ2n) is 6.35. The van der Waals surface area contributed by atoms with Crippen LogP contribution >= 0.6 is 35.0 Å². The lowest BCUT2D eigenvalue weighted by Gasteiger charge is -2.09. The molecule has 2 amide bonds. The molecule has 1 fully saturated rings. The Bertz CT molecular complexity index is 1230. The van der Waals surface area contributed by atoms with Gasteiger partial charge in [-0.3, -0.25) is 14.5 Å². The third-order valence-electron chi connectivity index (χ3n) is 4.33. The Labute approximate surface area is 190 Å². The molecule has 3 heterocycles. The Morgan fingerprint density at radius 3 is 2.68 bits per heavy atom. The first kappa shape index (κ1) is 21.3. The second-order valence-corrected chi connectivity index (χ2v) is 8.19. The van der Waals surface area contributed by atoms with E-state index in [1.165, 1.54) is 25.3 Å². The quantitative estimate of drug-likeness (QED) is 0.335. The first-order valence-corrected chi connectivity index (χ1v) is 10.4. The first-order valence-electron chi connectivity index (χ1n) is 8.83. The molecule has 3 aromatic rings. The lowest BCUT2D eigenvalue weighted by molar-refractivity contribution is -0.123. The molecule has 0 bridgehead atoms. The number of imide groups is 1. The van der Waals surface area contributed by atoms with E-state index < -0.39 is 17.1 Å². The van der Waals surface area contributed by atoms with Crippen molar-refractivity contribution in [3.8, 4) is 11.3 Å². The van der Waals surface area contributed by atoms with Crippen LogP contribution in [0.4, 0.5) is 4.79 Å². The van der Waals surface area contributed by atoms with Gasteiger partial charge in [0.05, 0.1) is 23.6 Å². The summed E-state index contributed by atoms with van der Waals surface area (Å²) >= 11 is 12.9. The molecule has 1 aromatic carbocycles. The second kappa shape index (κ2) is 8.66. The average molecular weight is 478 g/mol. The van der Waals surface area contributed by atoms with E-state index in [0.29, 0.717) is 27.1 Å². The van der Waals surface area contributed by atoms with E-state index in [1.807, 2.05) is 0 Å². The molecule has 4 rings (SSSR count). The summed E-state index contributed by atoms with van der Waals surface area (Å²) in [7, 11) is 1.23. The minimum Gasteiger partial charge on any atom is -0.463 e. The first-order chi connectivity index (χ1) is 14.9. The normalized spacial score (nSPS) is 15.2. The van der Waals surface area contributed by atoms with Gasteiger partial charge in [-0.15, -0.1) is 0 Å². The maximum absolute atomic E-state index is 12.7. The lowest BCUT2D eigenvalue weighted by atomic mass is 10.2. The predicted octanol–water partition coefficient (Wildman–Crippen LogP) is 5.87. The summed E-state index contributed by atoms with van der Waals surface area (Å²) in [5, 5.41) is 0.475. The molecule has 0 spiro atoms. The van der Waals surface area contributed by atoms with Crippen molar-refractivity contribution >= 4 is 58.2 Å². The van der Waals surface area contributed by atoms with Gasteiger partial charge in [-0.25, -0.2) is 4.79 Å². The van der Waals surface area contributed by atoms with Crippen molar-refractivity contribution in [2.24, 2.45) is 0 Å². The van der Waals surface area contributed by atoms with Crippen molar-refractivity contribution in [2.75, 3.05) is 7.11 Å². The predicted molar refractivity (Wildman–Crippen MR) is 116 cm³/mol. The zero-order valence-corrected chi connectivity index (χ0v) is 18.2. The van der Waals surface area contributed by atoms with Gasteiger partial charge in [0, 0.05) is 16.7 Å². The highest BCUT2D eigenvalue weighted by Gasteiger charge is 2.36. The summed E-state index contributed by atoms with van der Waals surface area (Å²) in [4.78, 5) is 37.7. The minimum absolute atomic E-state index is 0.0102. The summed E-state index contributed by atoms with van der Waals surface area (Å²) < 4.78 is 15.7. The number of amides is 2. The molecular formula is C21H13Cl2NO6S. The average Bonchev–Trinajstić information content (AvgIpc) is 3.45. The number of halogens is 2. The molecule has 0 N–H and O–H groups in total. The molecule has 0 radical (unpaired) electrons. The Morgan fingerprint density at radius 2 is 1.94 bits per heavy atom. The SMILES string of the molecule is COC(=O)c1ccc(CN2C(=O)S/C(=C\c3ccc(-c4ccc(Cl)cc4Cl)o3)C2=O)o1. The van der Waals surface area contributed by atoms with Crippen molar-refractivity contribution in [3.05, 3.63) is 74.7 Å². The number of rotatable bonds is 5. The van der Waals surface area contributed by atoms with E-state index in [-0.39, 0.29) is 23.0 Å². The highest BCUT2D eigenvalue weighted by atomic mass is 35.5. The van der Waals surface area contributed by atoms with Crippen LogP contribution in [0.5, 0.6) is 0 Å². The maximum Gasteiger partial charge on any atom is 0.373 e. The number of methoxy groups -OCH3 is 1. The maximum atomic E-state index is 12.7. The molecule has 7 nitrogen and oxygen atoms in total. The fourth-order valence-electron chi connectivity index (χ4n) is 2.86. The molecule has 31 heavy (non-hydrogen) atoms. The summed E-state index contributed by atoms with van der Waals surface area (Å²) in [6.07, 6.45) is 1.49. The Hall–Kier alpha value is -2.94. The third-order valence-corrected chi connectivity index (χ3v) is 5.79. The number of nitrogens with zero attached hydrogens (tertiary/aromatic N) is 1. The van der Waals surface area contributed by atoms with Gasteiger partial charge in [-0.1, -0.05) is 23.2 Å². The molecule has 1 aliphatic rings. The van der Waals surface area contributed by atoms with Crippen LogP contribution in [0.3, 0.4) is 0 Å². The van der Waals surface area contributed by atoms with Crippen molar-refractivity contribution in [3.63, 3.8) is 0 Å². The zero-order valence-electron chi connectivity index (χ0n) is 15.9. The fraction of sp³-hybridized carbons (Fsp3) is 0.0952. The number of carbonyl (C=O) groups excluding carboxylic acids is 3. The Kier molecular flexibility index (Phi) is 5.95. The fourth-order valence-corrected chi connectivity index (χ4v) is 4.18. The topological polar surface area (TPSA) is 90.0 Å². The van der Waals surface area contributed by atoms with Gasteiger partial charge in [0.2, 0.25) is 5.76 Å². The highest BCUT2D eigenvalue weighted by Crippen LogP contribution is 2.36. The number of hydrogen-bond acceptors (Lipinski definition) is 7. The minimum atomic E-state index is -0.644. The van der Waals surface area contributed by atoms with Crippen LogP contribution in [0, 0.1) is 0 Å². The van der Waals surface area contributed by atoms with Crippen LogP contribution in [0.2, 0.25) is 10.0 Å². The van der Waals surface area contributed by atoms with Crippen LogP contribution in [-0.2, 0) is 16.1 Å². The number of thioether (sulfide) groups is 1. The summed E-state index contributed by atoms with van der Waals surface area (Å²) in [5.74, 6) is 0.0179. The van der Waals surface area contributed by atoms with Crippen molar-refractivity contribution < 1.29 is 28.0 Å². The third kappa shape index (κ3) is 4.41. The molecule has 0 saturated carbocycles. The van der Waals surface area contributed by atoms with E-state index in [0.717, 1.165) is 16.7 Å². The van der Waals surface area contributed by atoms with Gasteiger partial charge in [0.15, 0.2) is 0 Å². The van der Waals surface area contributed by atoms with E-state index in [9.17, 15) is 14.4 Å². The van der Waals surface area contributed by atoms with E-state index in [2.05, 4.69) is 4.74 Å². The molecule has 0 aliphatic carbocycles. The van der Waals surface area contributed by atoms with Crippen LogP contribution in [-0.4, -0.2) is 29.1 Å². The summed E-state index contributed by atoms with van der Waals surface area (Å²) in [6, 6.07) is 11.3. The number of carbonyl (C=O) groups is 3. The largest absolute Gasteiger partial charge is 0.463 e. The van der Waals surface area contributed by atoms with Crippen LogP contribution < -0.4 is 0 Å². The van der Waals surface area contributed by atoms with E-state index in [1.54, 1.807) is 30.3 Å². The van der Waals surface area contributed by atoms with Crippen LogP contribution in [0.1, 0.15) is 22.1 Å². The molecule has 1 aliphatic heterocycles. The number of hydrogen-bond donors (Lipinski definition) is 0. The van der Waals surface area contributed by atoms with Gasteiger partial charge >= 0.3 is 5.97 Å². The van der Waals surface area contributed by atoms with Crippen LogP contribution in [0.25, 0.3) is 17.4 Å². The number of ether oxygens (including phenoxy) is 1. The van der Waals surface area contributed by atoms with Crippen molar-refractivity contribution in [1.82, 2.24) is 4.90 Å². The summed E-state index contributed by atoms with van der Waals surface area (Å²) in [6.45, 7) is -0.108. The molecule has 10 heteroatoms. The van der Waals surface area contributed by atoms with Crippen LogP contribution in [0.15, 0.2) is 56.2 Å². The molecule has 158 valence electrons. The molecule has 2 aromatic heterocycles. The number of furan rings is 2. The zero-order chi connectivity index (χ0) is 22.1. The van der Waals surface area contributed by atoms with Gasteiger partial charge in [-0.05, 0) is 54.2 Å². The lowest BCUT2D eigenvalue weighted by Crippen LogP contribution is -2.27. The standard InChI is InChI=1S/C21H13Cl2NO6S/c1-28-20(26)17-7-4-13(30-17)10-24-19(25)18(31-21(24)27)9-12-3-6-16(29-12)14-5-2-11(22)8-15(14)23/h2-9H,10H2,1H3/b18-9-. The number of esters is 1. The van der Waals surface area contributed by atoms with Gasteiger partial charge in [-0.2, -0.15) is 0 Å². The highest BCUT2D eigenvalue weighted by molar-refractivity contribution is 8.18. The van der Waals surface area contributed by atoms with Crippen molar-refractivity contribution in [2.45, 2.75) is 6.54 Å². The Balaban J connectivity index is 1.51. The van der Waals surface area contributed by atoms with Crippen molar-refractivity contribution in [1.29, 1.82) is 0 Å². The smallest absolute Gasteiger partial charge is 0.373 e. The van der Waals surface area contributed by atoms with E-state index in [4.69, 9.17) is 32.0 Å². The molecule has 0 atom stereocenters.